The van der Waals surface area contributed by atoms with Crippen LogP contribution in [0.25, 0.3) is 10.8 Å². The molecule has 0 unspecified atom stereocenters. The van der Waals surface area contributed by atoms with Gasteiger partial charge in [-0.2, -0.15) is 40.2 Å². The first-order valence-corrected chi connectivity index (χ1v) is 14.9. The van der Waals surface area contributed by atoms with E-state index in [0.29, 0.717) is 6.07 Å². The molecule has 3 aromatic carbocycles. The van der Waals surface area contributed by atoms with Crippen LogP contribution in [0, 0.1) is 0 Å². The molecule has 0 radical (unpaired) electrons. The van der Waals surface area contributed by atoms with Crippen LogP contribution < -0.4 is 11.1 Å². The van der Waals surface area contributed by atoms with E-state index in [9.17, 15) is 44.0 Å². The first kappa shape index (κ1) is 28.9. The number of nitrogens with one attached hydrogen (secondary N) is 1. The molecule has 1 aromatic heterocycles. The molecule has 0 spiro atoms. The second kappa shape index (κ2) is 10.2. The zero-order chi connectivity index (χ0) is 29.6. The third kappa shape index (κ3) is 6.07. The molecule has 1 heterocycles. The lowest BCUT2D eigenvalue weighted by Crippen LogP contribution is -2.06. The van der Waals surface area contributed by atoms with Crippen molar-refractivity contribution >= 4 is 81.7 Å². The van der Waals surface area contributed by atoms with E-state index >= 15 is 0 Å². The van der Waals surface area contributed by atoms with Gasteiger partial charge in [0.05, 0.1) is 10.6 Å². The van der Waals surface area contributed by atoms with Gasteiger partial charge in [-0.3, -0.25) is 13.7 Å². The number of halogens is 1. The number of nitrogen functional groups attached to an aromatic ring is 1. The van der Waals surface area contributed by atoms with Gasteiger partial charge in [-0.1, -0.05) is 12.1 Å². The van der Waals surface area contributed by atoms with Crippen LogP contribution in [0.4, 0.5) is 29.0 Å². The Balaban J connectivity index is 2.06. The van der Waals surface area contributed by atoms with Crippen LogP contribution in [0.5, 0.6) is 5.75 Å². The fourth-order valence-corrected chi connectivity index (χ4v) is 5.39. The van der Waals surface area contributed by atoms with Crippen molar-refractivity contribution in [3.05, 3.63) is 47.7 Å². The molecule has 21 heteroatoms. The summed E-state index contributed by atoms with van der Waals surface area (Å²) in [5.74, 6) is -1.74. The minimum Gasteiger partial charge on any atom is -0.505 e. The number of nitrogens with two attached hydrogens (primary N) is 1. The maximum Gasteiger partial charge on any atom is 0.296 e. The molecule has 0 bridgehead atoms. The third-order valence-corrected chi connectivity index (χ3v) is 7.74. The smallest absolute Gasteiger partial charge is 0.296 e. The number of rotatable bonds is 7. The van der Waals surface area contributed by atoms with Crippen molar-refractivity contribution in [2.45, 2.75) is 14.7 Å². The summed E-state index contributed by atoms with van der Waals surface area (Å²) in [5.41, 5.74) is 3.78. The second-order valence-electron chi connectivity index (χ2n) is 7.65. The summed E-state index contributed by atoms with van der Waals surface area (Å²) in [5, 5.41) is 19.7. The van der Waals surface area contributed by atoms with Gasteiger partial charge in [0.15, 0.2) is 5.75 Å². The van der Waals surface area contributed by atoms with Crippen molar-refractivity contribution in [1.82, 2.24) is 15.0 Å². The molecule has 0 atom stereocenters. The molecule has 0 fully saturated rings. The first-order valence-electron chi connectivity index (χ1n) is 10.2. The van der Waals surface area contributed by atoms with Gasteiger partial charge in [0.25, 0.3) is 30.4 Å². The highest BCUT2D eigenvalue weighted by atomic mass is 35.5. The minimum absolute atomic E-state index is 0.355. The monoisotopic (exact) mass is 631 g/mol. The van der Waals surface area contributed by atoms with Crippen LogP contribution in [0.15, 0.2) is 67.4 Å². The average molecular weight is 632 g/mol. The van der Waals surface area contributed by atoms with Crippen molar-refractivity contribution in [2.24, 2.45) is 10.2 Å². The highest BCUT2D eigenvalue weighted by molar-refractivity contribution is 7.86. The van der Waals surface area contributed by atoms with Gasteiger partial charge >= 0.3 is 0 Å². The maximum atomic E-state index is 12.2. The zero-order valence-electron chi connectivity index (χ0n) is 19.2. The fraction of sp³-hybridized carbons (Fsp3) is 0. The molecular weight excluding hydrogens is 618 g/mol. The van der Waals surface area contributed by atoms with Gasteiger partial charge in [0, 0.05) is 5.39 Å². The molecule has 0 aliphatic rings. The Morgan fingerprint density at radius 3 is 2.08 bits per heavy atom. The van der Waals surface area contributed by atoms with E-state index in [1.807, 2.05) is 0 Å². The highest BCUT2D eigenvalue weighted by Gasteiger charge is 2.26. The molecular formula is C19H14ClN7O10S3. The number of fused-ring (bicyclic) bond motifs is 1. The third-order valence-electron chi connectivity index (χ3n) is 4.97. The summed E-state index contributed by atoms with van der Waals surface area (Å²) >= 11 is 5.76. The van der Waals surface area contributed by atoms with Crippen LogP contribution in [0.1, 0.15) is 0 Å². The van der Waals surface area contributed by atoms with Crippen LogP contribution in [0.2, 0.25) is 5.28 Å². The molecule has 0 saturated carbocycles. The lowest BCUT2D eigenvalue weighted by molar-refractivity contribution is 0.472. The Bertz CT molecular complexity index is 2030. The van der Waals surface area contributed by atoms with Gasteiger partial charge in [0.2, 0.25) is 17.2 Å². The molecule has 0 aliphatic heterocycles. The second-order valence-corrected chi connectivity index (χ2v) is 12.2. The number of aromatic hydroxyl groups is 1. The topological polar surface area (TPSA) is 285 Å². The number of aromatic nitrogens is 3. The van der Waals surface area contributed by atoms with Gasteiger partial charge < -0.3 is 16.2 Å². The van der Waals surface area contributed by atoms with E-state index in [1.54, 1.807) is 0 Å². The number of phenols is 1. The lowest BCUT2D eigenvalue weighted by atomic mass is 10.1. The van der Waals surface area contributed by atoms with Crippen LogP contribution >= 0.6 is 11.6 Å². The molecule has 0 aliphatic carbocycles. The molecule has 4 rings (SSSR count). The predicted molar refractivity (Wildman–Crippen MR) is 138 cm³/mol. The number of phenolic OH excluding ortho intramolecular Hbond substituents is 1. The summed E-state index contributed by atoms with van der Waals surface area (Å²) < 4.78 is 100. The minimum atomic E-state index is -5.20. The normalized spacial score (nSPS) is 12.7. The number of nitrogens with zero attached hydrogens (tertiary/aromatic N) is 5. The summed E-state index contributed by atoms with van der Waals surface area (Å²) in [7, 11) is -14.9. The van der Waals surface area contributed by atoms with Crippen molar-refractivity contribution in [3.8, 4) is 5.75 Å². The van der Waals surface area contributed by atoms with Crippen molar-refractivity contribution in [3.63, 3.8) is 0 Å². The van der Waals surface area contributed by atoms with Gasteiger partial charge in [-0.15, -0.1) is 10.2 Å². The molecule has 210 valence electrons. The Hall–Kier alpha value is -4.05. The summed E-state index contributed by atoms with van der Waals surface area (Å²) in [6.45, 7) is 0. The van der Waals surface area contributed by atoms with E-state index in [-0.39, 0.29) is 33.6 Å². The van der Waals surface area contributed by atoms with E-state index < -0.39 is 62.2 Å². The van der Waals surface area contributed by atoms with Crippen LogP contribution in [-0.2, 0) is 30.4 Å². The van der Waals surface area contributed by atoms with E-state index in [2.05, 4.69) is 30.5 Å². The predicted octanol–water partition coefficient (Wildman–Crippen LogP) is 2.87. The Labute approximate surface area is 229 Å². The SMILES string of the molecule is Nc1nc(Cl)nc(Nc2cc(S(=O)(=O)O)cc3cc(S(=O)(=O)O)c(N=Nc4ccccc4S(=O)(=O)O)c(O)c23)n1. The fourth-order valence-electron chi connectivity index (χ4n) is 3.40. The number of azo groups is 1. The van der Waals surface area contributed by atoms with Gasteiger partial charge in [-0.25, -0.2) is 0 Å². The quantitative estimate of drug-likeness (QED) is 0.126. The molecule has 7 N–H and O–H groups in total. The van der Waals surface area contributed by atoms with Crippen LogP contribution in [-0.4, -0.2) is 59.0 Å². The largest absolute Gasteiger partial charge is 0.505 e. The Kier molecular flexibility index (Phi) is 7.36. The number of anilines is 3. The van der Waals surface area contributed by atoms with Gasteiger partial charge in [-0.05, 0) is 47.3 Å². The number of hydrogen-bond acceptors (Lipinski definition) is 14. The number of benzene rings is 3. The zero-order valence-corrected chi connectivity index (χ0v) is 22.4. The lowest BCUT2D eigenvalue weighted by Gasteiger charge is -2.15. The summed E-state index contributed by atoms with van der Waals surface area (Å²) in [6, 6.07) is 6.92. The van der Waals surface area contributed by atoms with Crippen LogP contribution in [0.3, 0.4) is 0 Å². The van der Waals surface area contributed by atoms with E-state index in [4.69, 9.17) is 17.3 Å². The van der Waals surface area contributed by atoms with E-state index in [1.165, 1.54) is 12.1 Å². The van der Waals surface area contributed by atoms with Gasteiger partial charge in [0.1, 0.15) is 21.2 Å². The number of hydrogen-bond donors (Lipinski definition) is 6. The Morgan fingerprint density at radius 1 is 0.825 bits per heavy atom. The van der Waals surface area contributed by atoms with Crippen molar-refractivity contribution < 1.29 is 44.0 Å². The maximum absolute atomic E-state index is 12.2. The van der Waals surface area contributed by atoms with Crippen molar-refractivity contribution in [2.75, 3.05) is 11.1 Å². The molecule has 0 amide bonds. The molecule has 17 nitrogen and oxygen atoms in total. The molecule has 4 aromatic rings. The summed E-state index contributed by atoms with van der Waals surface area (Å²) in [6.07, 6.45) is 0. The highest BCUT2D eigenvalue weighted by Crippen LogP contribution is 2.45. The Morgan fingerprint density at radius 2 is 1.48 bits per heavy atom. The molecule has 0 saturated heterocycles. The standard InChI is InChI=1S/C19H14ClN7O10S3/c20-17-23-18(21)25-19(24-17)22-11-7-9(38(29,30)31)5-8-6-13(40(35,36)37)15(16(28)14(8)11)27-26-10-3-1-2-4-12(10)39(32,33)34/h1-7,28H,(H,29,30,31)(H,32,33,34)(H,35,36,37)(H3,21,22,23,24,25). The van der Waals surface area contributed by atoms with Crippen molar-refractivity contribution in [1.29, 1.82) is 0 Å². The van der Waals surface area contributed by atoms with E-state index in [0.717, 1.165) is 24.3 Å². The molecule has 40 heavy (non-hydrogen) atoms. The first-order chi connectivity index (χ1) is 18.4. The average Bonchev–Trinajstić information content (AvgIpc) is 2.80. The summed E-state index contributed by atoms with van der Waals surface area (Å²) in [4.78, 5) is 8.47.